The van der Waals surface area contributed by atoms with Crippen molar-refractivity contribution < 1.29 is 28.5 Å². The highest BCUT2D eigenvalue weighted by Crippen LogP contribution is 2.23. The molecule has 0 spiro atoms. The summed E-state index contributed by atoms with van der Waals surface area (Å²) >= 11 is 0. The molecule has 11 nitrogen and oxygen atoms in total. The molecular weight excluding hydrogens is 586 g/mol. The number of rotatable bonds is 16. The maximum Gasteiger partial charge on any atom is 0.435 e. The molecule has 3 rings (SSSR count). The Kier molecular flexibility index (Phi) is 15.3. The zero-order valence-electron chi connectivity index (χ0n) is 27.8. The number of aliphatic imine (C=N–C) groups is 2. The first-order chi connectivity index (χ1) is 22.1. The summed E-state index contributed by atoms with van der Waals surface area (Å²) in [5, 5.41) is 0. The normalized spacial score (nSPS) is 14.8. The SMILES string of the molecule is CC(C)COC(=O)N=C(N)c1ccc(OCCCC2CCN(CCCOc3ccc(C(N)=NC(=O)OCC(C)C)cc3)CC2)cc1. The zero-order chi connectivity index (χ0) is 33.3. The topological polar surface area (TPSA) is 151 Å². The summed E-state index contributed by atoms with van der Waals surface area (Å²) in [6.45, 7) is 13.0. The number of hydrogen-bond donors (Lipinski definition) is 2. The molecule has 0 radical (unpaired) electrons. The van der Waals surface area contributed by atoms with E-state index >= 15 is 0 Å². The van der Waals surface area contributed by atoms with Crippen LogP contribution in [0.2, 0.25) is 0 Å². The summed E-state index contributed by atoms with van der Waals surface area (Å²) in [6, 6.07) is 14.5. The molecule has 0 saturated carbocycles. The van der Waals surface area contributed by atoms with Crippen molar-refractivity contribution in [3.63, 3.8) is 0 Å². The molecule has 0 aliphatic carbocycles. The lowest BCUT2D eigenvalue weighted by Gasteiger charge is -2.32. The van der Waals surface area contributed by atoms with Gasteiger partial charge < -0.3 is 35.3 Å². The average Bonchev–Trinajstić information content (AvgIpc) is 3.04. The van der Waals surface area contributed by atoms with E-state index in [2.05, 4.69) is 14.9 Å². The van der Waals surface area contributed by atoms with E-state index < -0.39 is 12.2 Å². The van der Waals surface area contributed by atoms with E-state index in [-0.39, 0.29) is 23.5 Å². The zero-order valence-corrected chi connectivity index (χ0v) is 27.8. The number of benzene rings is 2. The summed E-state index contributed by atoms with van der Waals surface area (Å²) in [5.74, 6) is 2.97. The first kappa shape index (κ1) is 36.3. The number of carbonyl (C=O) groups is 2. The Hall–Kier alpha value is -4.12. The third kappa shape index (κ3) is 13.9. The highest BCUT2D eigenvalue weighted by Gasteiger charge is 2.18. The number of nitrogens with zero attached hydrogens (tertiary/aromatic N) is 3. The third-order valence-corrected chi connectivity index (χ3v) is 7.42. The van der Waals surface area contributed by atoms with Crippen molar-refractivity contribution in [2.75, 3.05) is 46.1 Å². The third-order valence-electron chi connectivity index (χ3n) is 7.42. The van der Waals surface area contributed by atoms with Crippen molar-refractivity contribution in [3.05, 3.63) is 59.7 Å². The van der Waals surface area contributed by atoms with Crippen molar-refractivity contribution in [2.24, 2.45) is 39.2 Å². The highest BCUT2D eigenvalue weighted by molar-refractivity contribution is 6.03. The molecule has 2 amide bonds. The number of ether oxygens (including phenoxy) is 4. The first-order valence-electron chi connectivity index (χ1n) is 16.3. The molecule has 1 aliphatic rings. The summed E-state index contributed by atoms with van der Waals surface area (Å²) in [4.78, 5) is 33.6. The van der Waals surface area contributed by atoms with Crippen molar-refractivity contribution in [3.8, 4) is 11.5 Å². The molecule has 11 heteroatoms. The predicted octanol–water partition coefficient (Wildman–Crippen LogP) is 6.02. The van der Waals surface area contributed by atoms with E-state index in [1.165, 1.54) is 12.8 Å². The second-order valence-corrected chi connectivity index (χ2v) is 12.5. The average molecular weight is 638 g/mol. The number of carbonyl (C=O) groups excluding carboxylic acids is 2. The van der Waals surface area contributed by atoms with Crippen LogP contribution in [0, 0.1) is 17.8 Å². The monoisotopic (exact) mass is 637 g/mol. The minimum Gasteiger partial charge on any atom is -0.494 e. The second-order valence-electron chi connectivity index (χ2n) is 12.5. The van der Waals surface area contributed by atoms with Gasteiger partial charge in [0.05, 0.1) is 26.4 Å². The van der Waals surface area contributed by atoms with Gasteiger partial charge in [-0.3, -0.25) is 0 Å². The van der Waals surface area contributed by atoms with Gasteiger partial charge in [0.25, 0.3) is 0 Å². The maximum absolute atomic E-state index is 11.8. The van der Waals surface area contributed by atoms with Crippen LogP contribution in [-0.2, 0) is 9.47 Å². The fourth-order valence-electron chi connectivity index (χ4n) is 4.85. The molecular formula is C35H51N5O6. The van der Waals surface area contributed by atoms with Gasteiger partial charge in [-0.2, -0.15) is 9.98 Å². The second kappa shape index (κ2) is 19.4. The highest BCUT2D eigenvalue weighted by atomic mass is 16.6. The van der Waals surface area contributed by atoms with Gasteiger partial charge in [-0.15, -0.1) is 0 Å². The molecule has 2 aromatic rings. The number of hydrogen-bond acceptors (Lipinski definition) is 7. The van der Waals surface area contributed by atoms with Crippen molar-refractivity contribution in [1.29, 1.82) is 0 Å². The van der Waals surface area contributed by atoms with Gasteiger partial charge in [0.2, 0.25) is 0 Å². The molecule has 0 unspecified atom stereocenters. The standard InChI is InChI=1S/C35H51N5O6/c1-25(2)23-45-34(41)38-32(36)28-8-12-30(13-9-28)43-21-5-7-27-16-19-40(20-17-27)18-6-22-44-31-14-10-29(11-15-31)33(37)39-35(42)46-24-26(3)4/h8-15,25-27H,5-7,16-24H2,1-4H3,(H2,36,38,41)(H2,37,39,42). The summed E-state index contributed by atoms with van der Waals surface area (Å²) < 4.78 is 21.9. The van der Waals surface area contributed by atoms with Crippen LogP contribution in [-0.4, -0.2) is 74.8 Å². The summed E-state index contributed by atoms with van der Waals surface area (Å²) in [5.41, 5.74) is 13.2. The largest absolute Gasteiger partial charge is 0.494 e. The van der Waals surface area contributed by atoms with Gasteiger partial charge in [-0.1, -0.05) is 27.7 Å². The van der Waals surface area contributed by atoms with Crippen LogP contribution in [0.1, 0.15) is 70.9 Å². The summed E-state index contributed by atoms with van der Waals surface area (Å²) in [7, 11) is 0. The van der Waals surface area contributed by atoms with Gasteiger partial charge in [0.1, 0.15) is 23.2 Å². The number of likely N-dealkylation sites (tertiary alicyclic amines) is 1. The molecule has 1 heterocycles. The van der Waals surface area contributed by atoms with Crippen LogP contribution in [0.4, 0.5) is 9.59 Å². The molecule has 0 bridgehead atoms. The summed E-state index contributed by atoms with van der Waals surface area (Å²) in [6.07, 6.45) is 4.14. The number of nitrogens with two attached hydrogens (primary N) is 2. The van der Waals surface area contributed by atoms with Crippen molar-refractivity contribution in [1.82, 2.24) is 4.90 Å². The van der Waals surface area contributed by atoms with Crippen LogP contribution >= 0.6 is 0 Å². The fourth-order valence-corrected chi connectivity index (χ4v) is 4.85. The van der Waals surface area contributed by atoms with Crippen LogP contribution in [0.3, 0.4) is 0 Å². The lowest BCUT2D eigenvalue weighted by atomic mass is 9.92. The smallest absolute Gasteiger partial charge is 0.435 e. The van der Waals surface area contributed by atoms with E-state index in [0.717, 1.165) is 56.3 Å². The molecule has 2 aromatic carbocycles. The Morgan fingerprint density at radius 3 is 1.61 bits per heavy atom. The van der Waals surface area contributed by atoms with Crippen molar-refractivity contribution in [2.45, 2.75) is 59.8 Å². The maximum atomic E-state index is 11.8. The quantitative estimate of drug-likeness (QED) is 0.128. The minimum atomic E-state index is -0.679. The lowest BCUT2D eigenvalue weighted by Crippen LogP contribution is -2.35. The van der Waals surface area contributed by atoms with Gasteiger partial charge >= 0.3 is 12.2 Å². The fraction of sp³-hybridized carbons (Fsp3) is 0.543. The predicted molar refractivity (Wildman–Crippen MR) is 181 cm³/mol. The van der Waals surface area contributed by atoms with E-state index in [4.69, 9.17) is 30.4 Å². The molecule has 0 atom stereocenters. The van der Waals surface area contributed by atoms with Gasteiger partial charge in [-0.05, 0) is 111 Å². The Bertz CT molecular complexity index is 1170. The van der Waals surface area contributed by atoms with E-state index in [1.807, 2.05) is 52.0 Å². The minimum absolute atomic E-state index is 0.123. The van der Waals surface area contributed by atoms with E-state index in [0.29, 0.717) is 37.6 Å². The van der Waals surface area contributed by atoms with Crippen LogP contribution < -0.4 is 20.9 Å². The molecule has 1 fully saturated rings. The Labute approximate surface area is 273 Å². The van der Waals surface area contributed by atoms with Gasteiger partial charge in [-0.25, -0.2) is 9.59 Å². The van der Waals surface area contributed by atoms with Crippen molar-refractivity contribution >= 4 is 23.9 Å². The Balaban J connectivity index is 1.25. The van der Waals surface area contributed by atoms with E-state index in [9.17, 15) is 9.59 Å². The van der Waals surface area contributed by atoms with Crippen LogP contribution in [0.5, 0.6) is 11.5 Å². The molecule has 4 N–H and O–H groups in total. The Morgan fingerprint density at radius 2 is 1.17 bits per heavy atom. The van der Waals surface area contributed by atoms with Crippen LogP contribution in [0.15, 0.2) is 58.5 Å². The van der Waals surface area contributed by atoms with E-state index in [1.54, 1.807) is 24.3 Å². The lowest BCUT2D eigenvalue weighted by molar-refractivity contribution is 0.143. The molecule has 0 aromatic heterocycles. The number of amides is 2. The molecule has 252 valence electrons. The molecule has 46 heavy (non-hydrogen) atoms. The number of piperidine rings is 1. The van der Waals surface area contributed by atoms with Gasteiger partial charge in [0, 0.05) is 17.7 Å². The Morgan fingerprint density at radius 1 is 0.739 bits per heavy atom. The molecule has 1 saturated heterocycles. The van der Waals surface area contributed by atoms with Crippen LogP contribution in [0.25, 0.3) is 0 Å². The first-order valence-corrected chi connectivity index (χ1v) is 16.3. The number of amidine groups is 2. The van der Waals surface area contributed by atoms with Gasteiger partial charge in [0.15, 0.2) is 0 Å². The molecule has 1 aliphatic heterocycles.